The summed E-state index contributed by atoms with van der Waals surface area (Å²) in [6.07, 6.45) is 2.49. The van der Waals surface area contributed by atoms with Crippen LogP contribution in [0.1, 0.15) is 22.3 Å². The number of pyridine rings is 1. The largest absolute Gasteiger partial charge is 0.385 e. The predicted molar refractivity (Wildman–Crippen MR) is 91.8 cm³/mol. The van der Waals surface area contributed by atoms with Crippen LogP contribution in [0.15, 0.2) is 42.6 Å². The van der Waals surface area contributed by atoms with Crippen molar-refractivity contribution in [1.82, 2.24) is 10.3 Å². The quantitative estimate of drug-likeness (QED) is 0.729. The van der Waals surface area contributed by atoms with Gasteiger partial charge in [0.05, 0.1) is 0 Å². The van der Waals surface area contributed by atoms with Gasteiger partial charge in [-0.15, -0.1) is 0 Å². The van der Waals surface area contributed by atoms with Crippen LogP contribution in [0, 0.1) is 0 Å². The van der Waals surface area contributed by atoms with Crippen molar-refractivity contribution < 1.29 is 9.53 Å². The molecule has 0 aliphatic heterocycles. The number of hydrogen-bond donors (Lipinski definition) is 2. The monoisotopic (exact) mass is 333 g/mol. The number of halogens is 1. The van der Waals surface area contributed by atoms with Gasteiger partial charge in [-0.2, -0.15) is 0 Å². The molecule has 0 fully saturated rings. The minimum Gasteiger partial charge on any atom is -0.385 e. The highest BCUT2D eigenvalue weighted by molar-refractivity contribution is 6.31. The fraction of sp³-hybridized carbons (Fsp3) is 0.294. The maximum absolute atomic E-state index is 12.2. The number of amides is 1. The van der Waals surface area contributed by atoms with E-state index in [4.69, 9.17) is 16.3 Å². The molecule has 1 amide bonds. The number of benzene rings is 1. The van der Waals surface area contributed by atoms with Gasteiger partial charge < -0.3 is 15.4 Å². The lowest BCUT2D eigenvalue weighted by atomic mass is 10.2. The predicted octanol–water partition coefficient (Wildman–Crippen LogP) is 3.11. The van der Waals surface area contributed by atoms with Crippen LogP contribution in [0.4, 0.5) is 5.82 Å². The van der Waals surface area contributed by atoms with Crippen LogP contribution in [0.3, 0.4) is 0 Å². The van der Waals surface area contributed by atoms with E-state index in [1.807, 2.05) is 18.2 Å². The molecule has 0 radical (unpaired) electrons. The number of methoxy groups -OCH3 is 1. The molecule has 0 aliphatic rings. The van der Waals surface area contributed by atoms with Crippen LogP contribution < -0.4 is 10.6 Å². The summed E-state index contributed by atoms with van der Waals surface area (Å²) >= 11 is 6.08. The molecule has 1 heterocycles. The summed E-state index contributed by atoms with van der Waals surface area (Å²) in [4.78, 5) is 16.4. The van der Waals surface area contributed by atoms with Crippen LogP contribution in [0.2, 0.25) is 5.02 Å². The molecule has 5 nitrogen and oxygen atoms in total. The number of rotatable bonds is 8. The third-order valence-electron chi connectivity index (χ3n) is 3.25. The second kappa shape index (κ2) is 9.12. The van der Waals surface area contributed by atoms with E-state index in [0.717, 1.165) is 18.5 Å². The van der Waals surface area contributed by atoms with Crippen molar-refractivity contribution in [2.45, 2.75) is 13.0 Å². The number of nitrogens with one attached hydrogen (secondary N) is 2. The lowest BCUT2D eigenvalue weighted by molar-refractivity contribution is 0.0951. The van der Waals surface area contributed by atoms with Gasteiger partial charge in [0.25, 0.3) is 5.91 Å². The van der Waals surface area contributed by atoms with Gasteiger partial charge in [-0.05, 0) is 30.2 Å². The molecule has 2 rings (SSSR count). The molecule has 0 aliphatic carbocycles. The van der Waals surface area contributed by atoms with E-state index in [1.54, 1.807) is 31.5 Å². The van der Waals surface area contributed by atoms with Gasteiger partial charge in [0.15, 0.2) is 0 Å². The number of anilines is 1. The van der Waals surface area contributed by atoms with Crippen LogP contribution in [0.25, 0.3) is 0 Å². The Morgan fingerprint density at radius 3 is 2.91 bits per heavy atom. The number of carbonyl (C=O) groups excluding carboxylic acids is 1. The van der Waals surface area contributed by atoms with E-state index in [2.05, 4.69) is 15.6 Å². The standard InChI is InChI=1S/C17H20ClN3O2/c1-23-10-4-8-19-16-11-13(7-9-20-16)17(22)21-12-14-5-2-3-6-15(14)18/h2-3,5-7,9,11H,4,8,10,12H2,1H3,(H,19,20)(H,21,22). The first kappa shape index (κ1) is 17.2. The summed E-state index contributed by atoms with van der Waals surface area (Å²) in [5, 5.41) is 6.67. The zero-order valence-electron chi connectivity index (χ0n) is 13.0. The van der Waals surface area contributed by atoms with E-state index in [0.29, 0.717) is 29.6 Å². The molecular weight excluding hydrogens is 314 g/mol. The Morgan fingerprint density at radius 1 is 1.30 bits per heavy atom. The minimum atomic E-state index is -0.160. The second-order valence-electron chi connectivity index (χ2n) is 4.98. The fourth-order valence-corrected chi connectivity index (χ4v) is 2.22. The molecule has 0 unspecified atom stereocenters. The normalized spacial score (nSPS) is 10.3. The maximum Gasteiger partial charge on any atom is 0.251 e. The van der Waals surface area contributed by atoms with Crippen molar-refractivity contribution in [2.75, 3.05) is 25.6 Å². The Balaban J connectivity index is 1.90. The molecule has 2 aromatic rings. The van der Waals surface area contributed by atoms with Gasteiger partial charge >= 0.3 is 0 Å². The number of nitrogens with zero attached hydrogens (tertiary/aromatic N) is 1. The number of carbonyl (C=O) groups is 1. The molecule has 6 heteroatoms. The highest BCUT2D eigenvalue weighted by Gasteiger charge is 2.07. The number of hydrogen-bond acceptors (Lipinski definition) is 4. The lowest BCUT2D eigenvalue weighted by Gasteiger charge is -2.09. The van der Waals surface area contributed by atoms with Gasteiger partial charge in [0.1, 0.15) is 5.82 Å². The average Bonchev–Trinajstić information content (AvgIpc) is 2.58. The SMILES string of the molecule is COCCCNc1cc(C(=O)NCc2ccccc2Cl)ccn1. The first-order valence-electron chi connectivity index (χ1n) is 7.41. The maximum atomic E-state index is 12.2. The highest BCUT2D eigenvalue weighted by Crippen LogP contribution is 2.14. The summed E-state index contributed by atoms with van der Waals surface area (Å²) < 4.78 is 4.99. The highest BCUT2D eigenvalue weighted by atomic mass is 35.5. The van der Waals surface area contributed by atoms with E-state index in [9.17, 15) is 4.79 Å². The van der Waals surface area contributed by atoms with E-state index >= 15 is 0 Å². The van der Waals surface area contributed by atoms with Crippen molar-refractivity contribution in [3.05, 3.63) is 58.7 Å². The van der Waals surface area contributed by atoms with E-state index < -0.39 is 0 Å². The molecule has 0 bridgehead atoms. The minimum absolute atomic E-state index is 0.160. The molecule has 0 saturated carbocycles. The van der Waals surface area contributed by atoms with Gasteiger partial charge in [-0.1, -0.05) is 29.8 Å². The first-order chi connectivity index (χ1) is 11.2. The van der Waals surface area contributed by atoms with Gasteiger partial charge in [0, 0.05) is 43.6 Å². The lowest BCUT2D eigenvalue weighted by Crippen LogP contribution is -2.23. The smallest absolute Gasteiger partial charge is 0.251 e. The fourth-order valence-electron chi connectivity index (χ4n) is 2.02. The topological polar surface area (TPSA) is 63.2 Å². The Morgan fingerprint density at radius 2 is 2.13 bits per heavy atom. The molecule has 0 spiro atoms. The summed E-state index contributed by atoms with van der Waals surface area (Å²) in [6, 6.07) is 10.9. The van der Waals surface area contributed by atoms with Crippen LogP contribution in [-0.4, -0.2) is 31.2 Å². The summed E-state index contributed by atoms with van der Waals surface area (Å²) in [5.41, 5.74) is 1.44. The summed E-state index contributed by atoms with van der Waals surface area (Å²) in [6.45, 7) is 1.81. The van der Waals surface area contributed by atoms with Crippen molar-refractivity contribution >= 4 is 23.3 Å². The van der Waals surface area contributed by atoms with Crippen molar-refractivity contribution in [2.24, 2.45) is 0 Å². The molecule has 23 heavy (non-hydrogen) atoms. The Kier molecular flexibility index (Phi) is 6.84. The van der Waals surface area contributed by atoms with Crippen molar-refractivity contribution in [1.29, 1.82) is 0 Å². The molecular formula is C17H20ClN3O2. The average molecular weight is 334 g/mol. The molecule has 1 aromatic heterocycles. The molecule has 1 aromatic carbocycles. The Bertz CT molecular complexity index is 649. The Hall–Kier alpha value is -2.11. The van der Waals surface area contributed by atoms with Crippen molar-refractivity contribution in [3.63, 3.8) is 0 Å². The third-order valence-corrected chi connectivity index (χ3v) is 3.62. The molecule has 0 saturated heterocycles. The molecule has 122 valence electrons. The zero-order chi connectivity index (χ0) is 16.5. The molecule has 0 atom stereocenters. The second-order valence-corrected chi connectivity index (χ2v) is 5.38. The van der Waals surface area contributed by atoms with Crippen molar-refractivity contribution in [3.8, 4) is 0 Å². The van der Waals surface area contributed by atoms with Crippen LogP contribution >= 0.6 is 11.6 Å². The summed E-state index contributed by atoms with van der Waals surface area (Å²) in [5.74, 6) is 0.513. The van der Waals surface area contributed by atoms with E-state index in [1.165, 1.54) is 0 Å². The Labute approximate surface area is 141 Å². The number of ether oxygens (including phenoxy) is 1. The van der Waals surface area contributed by atoms with Gasteiger partial charge in [0.2, 0.25) is 0 Å². The molecule has 2 N–H and O–H groups in total. The van der Waals surface area contributed by atoms with Crippen LogP contribution in [0.5, 0.6) is 0 Å². The van der Waals surface area contributed by atoms with E-state index in [-0.39, 0.29) is 5.91 Å². The zero-order valence-corrected chi connectivity index (χ0v) is 13.8. The van der Waals surface area contributed by atoms with Crippen LogP contribution in [-0.2, 0) is 11.3 Å². The number of aromatic nitrogens is 1. The third kappa shape index (κ3) is 5.54. The van der Waals surface area contributed by atoms with Gasteiger partial charge in [-0.25, -0.2) is 4.98 Å². The first-order valence-corrected chi connectivity index (χ1v) is 7.79. The summed E-state index contributed by atoms with van der Waals surface area (Å²) in [7, 11) is 1.67. The van der Waals surface area contributed by atoms with Gasteiger partial charge in [-0.3, -0.25) is 4.79 Å².